The standard InChI is InChI=1S/C12H15ClN2O4/c1-14-6-8(13)4-10(14)12(18)15-2-3-19-9(7-15)5-11(16)17/h4,6,9H,2-3,5,7H2,1H3,(H,16,17). The summed E-state index contributed by atoms with van der Waals surface area (Å²) in [5.41, 5.74) is 0.487. The molecule has 1 aromatic heterocycles. The van der Waals surface area contributed by atoms with E-state index in [0.29, 0.717) is 23.9 Å². The van der Waals surface area contributed by atoms with Crippen molar-refractivity contribution in [1.82, 2.24) is 9.47 Å². The van der Waals surface area contributed by atoms with Gasteiger partial charge in [-0.25, -0.2) is 0 Å². The molecule has 6 nitrogen and oxygen atoms in total. The summed E-state index contributed by atoms with van der Waals surface area (Å²) in [4.78, 5) is 24.6. The maximum Gasteiger partial charge on any atom is 0.306 e. The van der Waals surface area contributed by atoms with Crippen molar-refractivity contribution in [3.8, 4) is 0 Å². The maximum absolute atomic E-state index is 12.3. The van der Waals surface area contributed by atoms with Gasteiger partial charge in [0.25, 0.3) is 5.91 Å². The van der Waals surface area contributed by atoms with Crippen molar-refractivity contribution in [2.24, 2.45) is 7.05 Å². The third-order valence-corrected chi connectivity index (χ3v) is 3.23. The Morgan fingerprint density at radius 2 is 2.32 bits per heavy atom. The summed E-state index contributed by atoms with van der Waals surface area (Å²) in [5.74, 6) is -1.09. The fourth-order valence-electron chi connectivity index (χ4n) is 2.12. The number of carbonyl (C=O) groups excluding carboxylic acids is 1. The first-order valence-corrected chi connectivity index (χ1v) is 6.29. The number of halogens is 1. The molecule has 0 radical (unpaired) electrons. The van der Waals surface area contributed by atoms with E-state index in [-0.39, 0.29) is 18.9 Å². The molecule has 0 bridgehead atoms. The second-order valence-corrected chi connectivity index (χ2v) is 4.93. The van der Waals surface area contributed by atoms with Crippen LogP contribution in [0.25, 0.3) is 0 Å². The number of hydrogen-bond acceptors (Lipinski definition) is 3. The first-order chi connectivity index (χ1) is 8.97. The molecule has 0 aromatic carbocycles. The molecule has 19 heavy (non-hydrogen) atoms. The number of nitrogens with zero attached hydrogens (tertiary/aromatic N) is 2. The van der Waals surface area contributed by atoms with E-state index >= 15 is 0 Å². The minimum absolute atomic E-state index is 0.0995. The number of rotatable bonds is 3. The minimum Gasteiger partial charge on any atom is -0.481 e. The Hall–Kier alpha value is -1.53. The smallest absolute Gasteiger partial charge is 0.306 e. The number of hydrogen-bond donors (Lipinski definition) is 1. The average Bonchev–Trinajstić information content (AvgIpc) is 2.67. The number of ether oxygens (including phenoxy) is 1. The van der Waals surface area contributed by atoms with Crippen molar-refractivity contribution < 1.29 is 19.4 Å². The Balaban J connectivity index is 2.07. The normalized spacial score (nSPS) is 19.5. The Morgan fingerprint density at radius 1 is 1.58 bits per heavy atom. The Kier molecular flexibility index (Phi) is 4.11. The lowest BCUT2D eigenvalue weighted by atomic mass is 10.2. The number of carboxylic acids is 1. The molecule has 2 heterocycles. The number of aliphatic carboxylic acids is 1. The summed E-state index contributed by atoms with van der Waals surface area (Å²) in [7, 11) is 1.74. The molecule has 7 heteroatoms. The molecule has 1 unspecified atom stereocenters. The molecular formula is C12H15ClN2O4. The molecule has 1 N–H and O–H groups in total. The summed E-state index contributed by atoms with van der Waals surface area (Å²) in [6.45, 7) is 1.09. The van der Waals surface area contributed by atoms with Crippen LogP contribution in [0.5, 0.6) is 0 Å². The number of morpholine rings is 1. The highest BCUT2D eigenvalue weighted by Gasteiger charge is 2.27. The Bertz CT molecular complexity index is 500. The van der Waals surface area contributed by atoms with Crippen LogP contribution >= 0.6 is 11.6 Å². The van der Waals surface area contributed by atoms with E-state index in [1.807, 2.05) is 0 Å². The molecule has 1 atom stereocenters. The monoisotopic (exact) mass is 286 g/mol. The predicted octanol–water partition coefficient (Wildman–Crippen LogP) is 0.994. The van der Waals surface area contributed by atoms with Crippen molar-refractivity contribution in [2.45, 2.75) is 12.5 Å². The largest absolute Gasteiger partial charge is 0.481 e. The fourth-order valence-corrected chi connectivity index (χ4v) is 2.37. The maximum atomic E-state index is 12.3. The van der Waals surface area contributed by atoms with E-state index in [2.05, 4.69) is 0 Å². The van der Waals surface area contributed by atoms with E-state index in [4.69, 9.17) is 21.4 Å². The first kappa shape index (κ1) is 13.9. The number of carbonyl (C=O) groups is 2. The molecule has 1 fully saturated rings. The number of amides is 1. The molecule has 0 saturated carbocycles. The molecule has 1 saturated heterocycles. The van der Waals surface area contributed by atoms with Gasteiger partial charge in [-0.15, -0.1) is 0 Å². The second-order valence-electron chi connectivity index (χ2n) is 4.50. The molecule has 1 amide bonds. The van der Waals surface area contributed by atoms with E-state index in [1.54, 1.807) is 28.8 Å². The predicted molar refractivity (Wildman–Crippen MR) is 68.3 cm³/mol. The van der Waals surface area contributed by atoms with Crippen LogP contribution in [0, 0.1) is 0 Å². The third kappa shape index (κ3) is 3.27. The molecule has 2 rings (SSSR count). The first-order valence-electron chi connectivity index (χ1n) is 5.92. The molecule has 104 valence electrons. The summed E-state index contributed by atoms with van der Waals surface area (Å²) in [6, 6.07) is 1.60. The van der Waals surface area contributed by atoms with Gasteiger partial charge in [-0.2, -0.15) is 0 Å². The van der Waals surface area contributed by atoms with Gasteiger partial charge < -0.3 is 19.3 Å². The van der Waals surface area contributed by atoms with Crippen LogP contribution in [-0.2, 0) is 16.6 Å². The summed E-state index contributed by atoms with van der Waals surface area (Å²) in [5, 5.41) is 9.25. The molecule has 0 spiro atoms. The average molecular weight is 287 g/mol. The van der Waals surface area contributed by atoms with Crippen LogP contribution in [0.4, 0.5) is 0 Å². The van der Waals surface area contributed by atoms with Gasteiger partial charge in [0.05, 0.1) is 24.2 Å². The van der Waals surface area contributed by atoms with E-state index < -0.39 is 12.1 Å². The van der Waals surface area contributed by atoms with E-state index in [0.717, 1.165) is 0 Å². The Labute approximate surface area is 115 Å². The highest BCUT2D eigenvalue weighted by molar-refractivity contribution is 6.31. The zero-order valence-corrected chi connectivity index (χ0v) is 11.3. The lowest BCUT2D eigenvalue weighted by Gasteiger charge is -2.32. The zero-order valence-electron chi connectivity index (χ0n) is 10.5. The van der Waals surface area contributed by atoms with Gasteiger partial charge in [-0.1, -0.05) is 11.6 Å². The van der Waals surface area contributed by atoms with Crippen molar-refractivity contribution in [3.63, 3.8) is 0 Å². The van der Waals surface area contributed by atoms with Crippen molar-refractivity contribution >= 4 is 23.5 Å². The van der Waals surface area contributed by atoms with Gasteiger partial charge in [-0.05, 0) is 6.07 Å². The topological polar surface area (TPSA) is 71.8 Å². The second kappa shape index (κ2) is 5.63. The van der Waals surface area contributed by atoms with Crippen LogP contribution in [0.2, 0.25) is 5.02 Å². The van der Waals surface area contributed by atoms with Gasteiger partial charge in [0.2, 0.25) is 0 Å². The summed E-state index contributed by atoms with van der Waals surface area (Å²) < 4.78 is 6.99. The van der Waals surface area contributed by atoms with Gasteiger partial charge in [0.15, 0.2) is 0 Å². The minimum atomic E-state index is -0.929. The molecular weight excluding hydrogens is 272 g/mol. The van der Waals surface area contributed by atoms with Gasteiger partial charge in [0.1, 0.15) is 5.69 Å². The highest BCUT2D eigenvalue weighted by Crippen LogP contribution is 2.17. The number of aromatic nitrogens is 1. The van der Waals surface area contributed by atoms with E-state index in [1.165, 1.54) is 0 Å². The van der Waals surface area contributed by atoms with Crippen LogP contribution in [0.1, 0.15) is 16.9 Å². The van der Waals surface area contributed by atoms with Gasteiger partial charge >= 0.3 is 5.97 Å². The third-order valence-electron chi connectivity index (χ3n) is 3.02. The van der Waals surface area contributed by atoms with Crippen LogP contribution in [-0.4, -0.2) is 52.3 Å². The SMILES string of the molecule is Cn1cc(Cl)cc1C(=O)N1CCOC(CC(=O)O)C1. The Morgan fingerprint density at radius 3 is 2.89 bits per heavy atom. The molecule has 0 aliphatic carbocycles. The molecule has 1 aliphatic rings. The quantitative estimate of drug-likeness (QED) is 0.899. The number of carboxylic acid groups (broad SMARTS) is 1. The molecule has 1 aromatic rings. The summed E-state index contributed by atoms with van der Waals surface area (Å²) in [6.07, 6.45) is 1.10. The van der Waals surface area contributed by atoms with Gasteiger partial charge in [-0.3, -0.25) is 9.59 Å². The van der Waals surface area contributed by atoms with Crippen LogP contribution in [0.15, 0.2) is 12.3 Å². The fraction of sp³-hybridized carbons (Fsp3) is 0.500. The van der Waals surface area contributed by atoms with Gasteiger partial charge in [0, 0.05) is 26.3 Å². The highest BCUT2D eigenvalue weighted by atomic mass is 35.5. The lowest BCUT2D eigenvalue weighted by molar-refractivity contribution is -0.141. The van der Waals surface area contributed by atoms with Crippen molar-refractivity contribution in [1.29, 1.82) is 0 Å². The lowest BCUT2D eigenvalue weighted by Crippen LogP contribution is -2.46. The molecule has 1 aliphatic heterocycles. The van der Waals surface area contributed by atoms with Crippen LogP contribution in [0.3, 0.4) is 0 Å². The van der Waals surface area contributed by atoms with Crippen molar-refractivity contribution in [2.75, 3.05) is 19.7 Å². The van der Waals surface area contributed by atoms with Crippen molar-refractivity contribution in [3.05, 3.63) is 23.0 Å². The zero-order chi connectivity index (χ0) is 14.0. The van der Waals surface area contributed by atoms with E-state index in [9.17, 15) is 9.59 Å². The summed E-state index contributed by atoms with van der Waals surface area (Å²) >= 11 is 5.85. The van der Waals surface area contributed by atoms with Crippen LogP contribution < -0.4 is 0 Å². The number of aryl methyl sites for hydroxylation is 1.